The molecular weight excluding hydrogens is 408 g/mol. The summed E-state index contributed by atoms with van der Waals surface area (Å²) in [5.41, 5.74) is 2.05. The predicted octanol–water partition coefficient (Wildman–Crippen LogP) is 4.01. The van der Waals surface area contributed by atoms with Crippen molar-refractivity contribution in [2.24, 2.45) is 0 Å². The third kappa shape index (κ3) is 5.46. The SMILES string of the molecule is [2H]C([2H])(c1ccccc1OCCCCCC(=O)O)N(C(=O)c1ccc2c(c1)CC(=O)N2)C1CC1. The van der Waals surface area contributed by atoms with Crippen LogP contribution in [0.4, 0.5) is 5.69 Å². The minimum Gasteiger partial charge on any atom is -0.493 e. The standard InChI is InChI=1S/C25H28N2O5/c28-23-15-19-14-17(9-12-21(19)26-23)25(31)27(20-10-11-20)16-18-6-3-4-7-22(18)32-13-5-1-2-8-24(29)30/h3-4,6-7,9,12,14,20H,1-2,5,8,10-11,13,15-16H2,(H,26,28)(H,29,30)/i16D2. The van der Waals surface area contributed by atoms with Crippen molar-refractivity contribution < 1.29 is 27.0 Å². The molecule has 32 heavy (non-hydrogen) atoms. The van der Waals surface area contributed by atoms with Crippen LogP contribution in [0, 0.1) is 0 Å². The fraction of sp³-hybridized carbons (Fsp3) is 0.400. The fourth-order valence-corrected chi connectivity index (χ4v) is 3.69. The number of nitrogens with one attached hydrogen (secondary N) is 1. The minimum atomic E-state index is -2.11. The molecule has 0 saturated heterocycles. The summed E-state index contributed by atoms with van der Waals surface area (Å²) >= 11 is 0. The highest BCUT2D eigenvalue weighted by Gasteiger charge is 2.34. The minimum absolute atomic E-state index is 0.116. The zero-order valence-electron chi connectivity index (χ0n) is 19.8. The molecule has 0 aromatic heterocycles. The van der Waals surface area contributed by atoms with Gasteiger partial charge in [-0.1, -0.05) is 18.2 Å². The molecule has 7 heteroatoms. The number of hydrogen-bond donors (Lipinski definition) is 2. The molecule has 168 valence electrons. The number of aliphatic carboxylic acids is 1. The van der Waals surface area contributed by atoms with Gasteiger partial charge in [-0.2, -0.15) is 0 Å². The number of carboxylic acids is 1. The van der Waals surface area contributed by atoms with Crippen LogP contribution in [0.2, 0.25) is 0 Å². The van der Waals surface area contributed by atoms with E-state index in [9.17, 15) is 14.4 Å². The summed E-state index contributed by atoms with van der Waals surface area (Å²) in [6.07, 6.45) is 3.68. The molecule has 1 fully saturated rings. The van der Waals surface area contributed by atoms with Gasteiger partial charge in [0.2, 0.25) is 5.91 Å². The Kier molecular flexibility index (Phi) is 5.95. The molecule has 0 unspecified atom stereocenters. The smallest absolute Gasteiger partial charge is 0.303 e. The molecule has 1 saturated carbocycles. The average Bonchev–Trinajstić information content (AvgIpc) is 3.54. The Balaban J connectivity index is 1.52. The van der Waals surface area contributed by atoms with Gasteiger partial charge in [0.05, 0.1) is 15.8 Å². The van der Waals surface area contributed by atoms with Crippen molar-refractivity contribution in [1.82, 2.24) is 4.90 Å². The second-order valence-corrected chi connectivity index (χ2v) is 8.16. The number of carboxylic acid groups (broad SMARTS) is 1. The predicted molar refractivity (Wildman–Crippen MR) is 120 cm³/mol. The number of carbonyl (C=O) groups excluding carboxylic acids is 2. The number of amides is 2. The molecule has 0 atom stereocenters. The van der Waals surface area contributed by atoms with Crippen LogP contribution in [0.3, 0.4) is 0 Å². The quantitative estimate of drug-likeness (QED) is 0.517. The molecule has 1 heterocycles. The maximum atomic E-state index is 13.5. The van der Waals surface area contributed by atoms with E-state index in [1.54, 1.807) is 42.5 Å². The van der Waals surface area contributed by atoms with E-state index in [4.69, 9.17) is 12.6 Å². The van der Waals surface area contributed by atoms with Gasteiger partial charge < -0.3 is 20.1 Å². The molecule has 1 aliphatic carbocycles. The Morgan fingerprint density at radius 2 is 1.97 bits per heavy atom. The van der Waals surface area contributed by atoms with Crippen LogP contribution in [0.5, 0.6) is 5.75 Å². The van der Waals surface area contributed by atoms with Crippen LogP contribution in [0.15, 0.2) is 42.5 Å². The molecule has 2 aromatic rings. The summed E-state index contributed by atoms with van der Waals surface area (Å²) < 4.78 is 23.8. The van der Waals surface area contributed by atoms with Gasteiger partial charge in [0.25, 0.3) is 5.91 Å². The summed E-state index contributed by atoms with van der Waals surface area (Å²) in [4.78, 5) is 37.1. The molecule has 4 rings (SSSR count). The van der Waals surface area contributed by atoms with Gasteiger partial charge in [0.15, 0.2) is 0 Å². The van der Waals surface area contributed by atoms with E-state index in [1.165, 1.54) is 4.90 Å². The van der Waals surface area contributed by atoms with E-state index in [-0.39, 0.29) is 30.4 Å². The molecule has 0 radical (unpaired) electrons. The lowest BCUT2D eigenvalue weighted by Gasteiger charge is -2.24. The van der Waals surface area contributed by atoms with Crippen molar-refractivity contribution in [3.05, 3.63) is 59.2 Å². The average molecular weight is 439 g/mol. The molecule has 2 amide bonds. The van der Waals surface area contributed by atoms with Crippen LogP contribution < -0.4 is 10.1 Å². The van der Waals surface area contributed by atoms with Crippen molar-refractivity contribution in [1.29, 1.82) is 0 Å². The Morgan fingerprint density at radius 1 is 1.16 bits per heavy atom. The zero-order chi connectivity index (χ0) is 24.3. The van der Waals surface area contributed by atoms with Crippen molar-refractivity contribution >= 4 is 23.5 Å². The van der Waals surface area contributed by atoms with Crippen LogP contribution >= 0.6 is 0 Å². The van der Waals surface area contributed by atoms with Gasteiger partial charge in [-0.15, -0.1) is 0 Å². The van der Waals surface area contributed by atoms with Gasteiger partial charge in [0.1, 0.15) is 5.75 Å². The van der Waals surface area contributed by atoms with Gasteiger partial charge in [-0.05, 0) is 61.9 Å². The number of rotatable bonds is 11. The van der Waals surface area contributed by atoms with E-state index in [0.29, 0.717) is 42.9 Å². The Morgan fingerprint density at radius 3 is 2.75 bits per heavy atom. The third-order valence-corrected chi connectivity index (χ3v) is 5.53. The Labute approximate surface area is 190 Å². The van der Waals surface area contributed by atoms with Crippen molar-refractivity contribution in [3.63, 3.8) is 0 Å². The number of hydrogen-bond acceptors (Lipinski definition) is 4. The number of anilines is 1. The first-order chi connectivity index (χ1) is 16.3. The largest absolute Gasteiger partial charge is 0.493 e. The normalized spacial score (nSPS) is 15.9. The molecule has 7 nitrogen and oxygen atoms in total. The summed E-state index contributed by atoms with van der Waals surface area (Å²) in [6.45, 7) is -1.78. The van der Waals surface area contributed by atoms with E-state index in [0.717, 1.165) is 18.4 Å². The number of para-hydroxylation sites is 1. The molecular formula is C25H28N2O5. The van der Waals surface area contributed by atoms with Crippen molar-refractivity contribution in [3.8, 4) is 5.75 Å². The second-order valence-electron chi connectivity index (χ2n) is 8.16. The summed E-state index contributed by atoms with van der Waals surface area (Å²) in [6, 6.07) is 11.6. The first-order valence-corrected chi connectivity index (χ1v) is 11.0. The Bertz CT molecular complexity index is 1100. The van der Waals surface area contributed by atoms with E-state index >= 15 is 0 Å². The molecule has 2 N–H and O–H groups in total. The molecule has 0 bridgehead atoms. The van der Waals surface area contributed by atoms with Gasteiger partial charge in [-0.3, -0.25) is 14.4 Å². The van der Waals surface area contributed by atoms with E-state index in [1.807, 2.05) is 0 Å². The monoisotopic (exact) mass is 438 g/mol. The Hall–Kier alpha value is -3.35. The van der Waals surface area contributed by atoms with Crippen LogP contribution in [0.25, 0.3) is 0 Å². The first-order valence-electron chi connectivity index (χ1n) is 12.0. The molecule has 0 spiro atoms. The lowest BCUT2D eigenvalue weighted by atomic mass is 10.1. The highest BCUT2D eigenvalue weighted by molar-refractivity contribution is 6.01. The van der Waals surface area contributed by atoms with Crippen molar-refractivity contribution in [2.75, 3.05) is 11.9 Å². The van der Waals surface area contributed by atoms with Crippen LogP contribution in [0.1, 0.15) is 62.8 Å². The number of unbranched alkanes of at least 4 members (excludes halogenated alkanes) is 2. The van der Waals surface area contributed by atoms with Crippen LogP contribution in [-0.2, 0) is 22.5 Å². The van der Waals surface area contributed by atoms with Crippen LogP contribution in [-0.4, -0.2) is 40.4 Å². The topological polar surface area (TPSA) is 95.9 Å². The van der Waals surface area contributed by atoms with Gasteiger partial charge >= 0.3 is 5.97 Å². The fourth-order valence-electron chi connectivity index (χ4n) is 3.69. The molecule has 2 aromatic carbocycles. The lowest BCUT2D eigenvalue weighted by molar-refractivity contribution is -0.137. The maximum absolute atomic E-state index is 13.5. The lowest BCUT2D eigenvalue weighted by Crippen LogP contribution is -2.32. The molecule has 1 aliphatic heterocycles. The summed E-state index contributed by atoms with van der Waals surface area (Å²) in [7, 11) is 0. The number of nitrogens with zero attached hydrogens (tertiary/aromatic N) is 1. The number of benzene rings is 2. The summed E-state index contributed by atoms with van der Waals surface area (Å²) in [5.74, 6) is -0.996. The van der Waals surface area contributed by atoms with Crippen molar-refractivity contribution in [2.45, 2.75) is 57.5 Å². The molecule has 2 aliphatic rings. The second kappa shape index (κ2) is 9.85. The third-order valence-electron chi connectivity index (χ3n) is 5.53. The first kappa shape index (κ1) is 19.3. The zero-order valence-corrected chi connectivity index (χ0v) is 17.8. The number of fused-ring (bicyclic) bond motifs is 1. The van der Waals surface area contributed by atoms with E-state index < -0.39 is 18.4 Å². The maximum Gasteiger partial charge on any atom is 0.303 e. The van der Waals surface area contributed by atoms with E-state index in [2.05, 4.69) is 5.32 Å². The van der Waals surface area contributed by atoms with Gasteiger partial charge in [-0.25, -0.2) is 0 Å². The summed E-state index contributed by atoms with van der Waals surface area (Å²) in [5, 5.41) is 11.5. The number of ether oxygens (including phenoxy) is 1. The highest BCUT2D eigenvalue weighted by atomic mass is 16.5. The highest BCUT2D eigenvalue weighted by Crippen LogP contribution is 2.33. The number of carbonyl (C=O) groups is 3. The van der Waals surface area contributed by atoms with Gasteiger partial charge in [0, 0.05) is 35.8 Å².